The van der Waals surface area contributed by atoms with Crippen LogP contribution in [0.15, 0.2) is 0 Å². The van der Waals surface area contributed by atoms with Gasteiger partial charge in [-0.1, -0.05) is 13.8 Å². The van der Waals surface area contributed by atoms with Crippen LogP contribution in [0.1, 0.15) is 49.3 Å². The quantitative estimate of drug-likeness (QED) is 0.900. The lowest BCUT2D eigenvalue weighted by molar-refractivity contribution is 0.205. The third kappa shape index (κ3) is 2.69. The molecule has 0 saturated carbocycles. The molecule has 0 fully saturated rings. The molecule has 2 rings (SSSR count). The van der Waals surface area contributed by atoms with Crippen molar-refractivity contribution >= 4 is 11.3 Å². The minimum atomic E-state index is 0.0955. The van der Waals surface area contributed by atoms with Crippen LogP contribution in [0.2, 0.25) is 0 Å². The number of thiazole rings is 1. The number of rotatable bonds is 3. The van der Waals surface area contributed by atoms with Crippen molar-refractivity contribution in [1.29, 1.82) is 0 Å². The van der Waals surface area contributed by atoms with E-state index >= 15 is 0 Å². The first-order chi connectivity index (χ1) is 7.99. The van der Waals surface area contributed by atoms with E-state index < -0.39 is 0 Å². The lowest BCUT2D eigenvalue weighted by Crippen LogP contribution is -2.35. The van der Waals surface area contributed by atoms with Gasteiger partial charge in [-0.15, -0.1) is 11.3 Å². The molecule has 0 spiro atoms. The molecule has 0 radical (unpaired) electrons. The molecule has 96 valence electrons. The Hall–Kier alpha value is -0.450. The molecule has 0 amide bonds. The lowest BCUT2D eigenvalue weighted by Gasteiger charge is -2.29. The summed E-state index contributed by atoms with van der Waals surface area (Å²) in [4.78, 5) is 8.66. The molecule has 4 heteroatoms. The molecule has 1 aromatic rings. The van der Waals surface area contributed by atoms with Crippen molar-refractivity contribution in [3.8, 4) is 0 Å². The highest BCUT2D eigenvalue weighted by atomic mass is 32.1. The van der Waals surface area contributed by atoms with E-state index in [-0.39, 0.29) is 6.04 Å². The van der Waals surface area contributed by atoms with Gasteiger partial charge in [0.25, 0.3) is 0 Å². The van der Waals surface area contributed by atoms with E-state index in [9.17, 15) is 0 Å². The van der Waals surface area contributed by atoms with Crippen molar-refractivity contribution in [3.63, 3.8) is 0 Å². The highest BCUT2D eigenvalue weighted by molar-refractivity contribution is 7.11. The van der Waals surface area contributed by atoms with Gasteiger partial charge in [-0.3, -0.25) is 4.90 Å². The highest BCUT2D eigenvalue weighted by Crippen LogP contribution is 2.30. The molecule has 17 heavy (non-hydrogen) atoms. The van der Waals surface area contributed by atoms with Gasteiger partial charge in [0.1, 0.15) is 5.01 Å². The van der Waals surface area contributed by atoms with E-state index in [4.69, 9.17) is 10.7 Å². The van der Waals surface area contributed by atoms with Gasteiger partial charge in [-0.05, 0) is 19.8 Å². The zero-order valence-corrected chi connectivity index (χ0v) is 12.0. The largest absolute Gasteiger partial charge is 0.322 e. The van der Waals surface area contributed by atoms with Crippen LogP contribution in [-0.2, 0) is 13.0 Å². The Kier molecular flexibility index (Phi) is 3.85. The van der Waals surface area contributed by atoms with Crippen LogP contribution in [-0.4, -0.2) is 22.5 Å². The van der Waals surface area contributed by atoms with Gasteiger partial charge in [0.15, 0.2) is 0 Å². The molecule has 3 nitrogen and oxygen atoms in total. The van der Waals surface area contributed by atoms with E-state index in [0.29, 0.717) is 12.0 Å². The van der Waals surface area contributed by atoms with Crippen molar-refractivity contribution in [1.82, 2.24) is 9.88 Å². The summed E-state index contributed by atoms with van der Waals surface area (Å²) in [6.07, 6.45) is 1.08. The van der Waals surface area contributed by atoms with Gasteiger partial charge in [-0.2, -0.15) is 0 Å². The Morgan fingerprint density at radius 2 is 2.00 bits per heavy atom. The third-order valence-corrected chi connectivity index (χ3v) is 4.69. The molecule has 1 atom stereocenters. The van der Waals surface area contributed by atoms with Crippen LogP contribution in [0.4, 0.5) is 0 Å². The number of aromatic nitrogens is 1. The first-order valence-electron chi connectivity index (χ1n) is 6.47. The Morgan fingerprint density at radius 1 is 1.29 bits per heavy atom. The molecular weight excluding hydrogens is 230 g/mol. The van der Waals surface area contributed by atoms with Crippen LogP contribution in [0.5, 0.6) is 0 Å². The summed E-state index contributed by atoms with van der Waals surface area (Å²) < 4.78 is 0. The van der Waals surface area contributed by atoms with Crippen molar-refractivity contribution in [2.24, 2.45) is 11.7 Å². The molecule has 2 N–H and O–H groups in total. The number of fused-ring (bicyclic) bond motifs is 1. The standard InChI is InChI=1S/C13H23N3S/c1-8(2)12(14)13-15-10-5-6-16(9(3)4)7-11(10)17-13/h8-9,12H,5-7,14H2,1-4H3. The average Bonchev–Trinajstić information content (AvgIpc) is 2.69. The Labute approximate surface area is 108 Å². The summed E-state index contributed by atoms with van der Waals surface area (Å²) >= 11 is 1.82. The second kappa shape index (κ2) is 5.04. The zero-order chi connectivity index (χ0) is 12.6. The number of nitrogens with two attached hydrogens (primary N) is 1. The Morgan fingerprint density at radius 3 is 2.59 bits per heavy atom. The van der Waals surface area contributed by atoms with E-state index in [2.05, 4.69) is 32.6 Å². The van der Waals surface area contributed by atoms with Crippen LogP contribution in [0.3, 0.4) is 0 Å². The van der Waals surface area contributed by atoms with Crippen LogP contribution in [0.25, 0.3) is 0 Å². The minimum Gasteiger partial charge on any atom is -0.322 e. The van der Waals surface area contributed by atoms with Gasteiger partial charge >= 0.3 is 0 Å². The predicted octanol–water partition coefficient (Wildman–Crippen LogP) is 2.57. The second-order valence-electron chi connectivity index (χ2n) is 5.51. The summed E-state index contributed by atoms with van der Waals surface area (Å²) in [6.45, 7) is 11.0. The molecule has 0 bridgehead atoms. The average molecular weight is 253 g/mol. The molecule has 1 aliphatic rings. The second-order valence-corrected chi connectivity index (χ2v) is 6.62. The van der Waals surface area contributed by atoms with Crippen molar-refractivity contribution < 1.29 is 0 Å². The first-order valence-corrected chi connectivity index (χ1v) is 7.28. The van der Waals surface area contributed by atoms with E-state index in [1.165, 1.54) is 10.6 Å². The van der Waals surface area contributed by atoms with Crippen LogP contribution >= 0.6 is 11.3 Å². The fourth-order valence-corrected chi connectivity index (χ4v) is 3.42. The zero-order valence-electron chi connectivity index (χ0n) is 11.2. The number of nitrogens with zero attached hydrogens (tertiary/aromatic N) is 2. The highest BCUT2D eigenvalue weighted by Gasteiger charge is 2.24. The fraction of sp³-hybridized carbons (Fsp3) is 0.769. The number of hydrogen-bond acceptors (Lipinski definition) is 4. The van der Waals surface area contributed by atoms with Crippen molar-refractivity contribution in [2.45, 2.75) is 52.7 Å². The van der Waals surface area contributed by atoms with E-state index in [0.717, 1.165) is 24.5 Å². The van der Waals surface area contributed by atoms with Gasteiger partial charge in [0.05, 0.1) is 11.7 Å². The summed E-state index contributed by atoms with van der Waals surface area (Å²) in [6, 6.07) is 0.713. The van der Waals surface area contributed by atoms with E-state index in [1.807, 2.05) is 11.3 Å². The van der Waals surface area contributed by atoms with Gasteiger partial charge in [0.2, 0.25) is 0 Å². The SMILES string of the molecule is CC(C)C(N)c1nc2c(s1)CN(C(C)C)CC2. The molecule has 2 heterocycles. The van der Waals surface area contributed by atoms with Gasteiger partial charge in [0, 0.05) is 30.4 Å². The van der Waals surface area contributed by atoms with Crippen molar-refractivity contribution in [2.75, 3.05) is 6.54 Å². The molecule has 1 unspecified atom stereocenters. The molecule has 0 aromatic carbocycles. The Balaban J connectivity index is 2.17. The molecular formula is C13H23N3S. The molecule has 1 aromatic heterocycles. The molecule has 1 aliphatic heterocycles. The Bertz CT molecular complexity index is 384. The maximum Gasteiger partial charge on any atom is 0.110 e. The van der Waals surface area contributed by atoms with E-state index in [1.54, 1.807) is 0 Å². The maximum absolute atomic E-state index is 6.18. The summed E-state index contributed by atoms with van der Waals surface area (Å²) in [5, 5.41) is 1.12. The van der Waals surface area contributed by atoms with Gasteiger partial charge in [-0.25, -0.2) is 4.98 Å². The predicted molar refractivity (Wildman–Crippen MR) is 73.1 cm³/mol. The summed E-state index contributed by atoms with van der Waals surface area (Å²) in [7, 11) is 0. The van der Waals surface area contributed by atoms with Crippen LogP contribution in [0, 0.1) is 5.92 Å². The normalized spacial score (nSPS) is 18.8. The topological polar surface area (TPSA) is 42.1 Å². The molecule has 0 saturated heterocycles. The minimum absolute atomic E-state index is 0.0955. The first kappa shape index (κ1) is 13.0. The van der Waals surface area contributed by atoms with Crippen molar-refractivity contribution in [3.05, 3.63) is 15.6 Å². The number of hydrogen-bond donors (Lipinski definition) is 1. The maximum atomic E-state index is 6.18. The fourth-order valence-electron chi connectivity index (χ4n) is 2.10. The summed E-state index contributed by atoms with van der Waals surface area (Å²) in [5.41, 5.74) is 7.47. The third-order valence-electron chi connectivity index (χ3n) is 3.51. The monoisotopic (exact) mass is 253 g/mol. The van der Waals surface area contributed by atoms with Crippen LogP contribution < -0.4 is 5.73 Å². The summed E-state index contributed by atoms with van der Waals surface area (Å²) in [5.74, 6) is 0.462. The molecule has 0 aliphatic carbocycles. The smallest absolute Gasteiger partial charge is 0.110 e. The lowest BCUT2D eigenvalue weighted by atomic mass is 10.1. The van der Waals surface area contributed by atoms with Gasteiger partial charge < -0.3 is 5.73 Å².